The van der Waals surface area contributed by atoms with Gasteiger partial charge in [-0.3, -0.25) is 0 Å². The van der Waals surface area contributed by atoms with Crippen LogP contribution in [0.4, 0.5) is 0 Å². The summed E-state index contributed by atoms with van der Waals surface area (Å²) in [6, 6.07) is 14.0. The van der Waals surface area contributed by atoms with Crippen LogP contribution in [0.1, 0.15) is 19.8 Å². The fourth-order valence-corrected chi connectivity index (χ4v) is 4.93. The van der Waals surface area contributed by atoms with E-state index >= 15 is 0 Å². The van der Waals surface area contributed by atoms with Crippen molar-refractivity contribution in [3.05, 3.63) is 53.6 Å². The summed E-state index contributed by atoms with van der Waals surface area (Å²) < 4.78 is 33.3. The molecule has 0 bridgehead atoms. The van der Waals surface area contributed by atoms with Gasteiger partial charge in [0.25, 0.3) is 0 Å². The lowest BCUT2D eigenvalue weighted by atomic mass is 10.0. The van der Waals surface area contributed by atoms with Gasteiger partial charge in [-0.05, 0) is 49.1 Å². The van der Waals surface area contributed by atoms with Crippen molar-refractivity contribution >= 4 is 21.6 Å². The van der Waals surface area contributed by atoms with Gasteiger partial charge in [0.2, 0.25) is 21.8 Å². The van der Waals surface area contributed by atoms with Gasteiger partial charge in [0.15, 0.2) is 0 Å². The molecule has 2 aromatic carbocycles. The van der Waals surface area contributed by atoms with Crippen LogP contribution in [0.2, 0.25) is 5.02 Å². The predicted molar refractivity (Wildman–Crippen MR) is 107 cm³/mol. The van der Waals surface area contributed by atoms with Crippen LogP contribution in [0.5, 0.6) is 0 Å². The molecule has 0 spiro atoms. The van der Waals surface area contributed by atoms with E-state index in [2.05, 4.69) is 17.1 Å². The van der Waals surface area contributed by atoms with E-state index in [0.29, 0.717) is 35.5 Å². The number of rotatable bonds is 4. The quantitative estimate of drug-likeness (QED) is 0.625. The Labute approximate surface area is 169 Å². The highest BCUT2D eigenvalue weighted by atomic mass is 35.5. The summed E-state index contributed by atoms with van der Waals surface area (Å²) >= 11 is 6.30. The van der Waals surface area contributed by atoms with E-state index in [1.54, 1.807) is 6.07 Å². The molecule has 8 heteroatoms. The van der Waals surface area contributed by atoms with Crippen molar-refractivity contribution in [2.45, 2.75) is 24.7 Å². The minimum atomic E-state index is -3.59. The van der Waals surface area contributed by atoms with Crippen molar-refractivity contribution in [2.24, 2.45) is 5.92 Å². The fourth-order valence-electron chi connectivity index (χ4n) is 3.23. The first kappa shape index (κ1) is 19.1. The summed E-state index contributed by atoms with van der Waals surface area (Å²) in [4.78, 5) is 0.181. The van der Waals surface area contributed by atoms with Crippen LogP contribution in [0.25, 0.3) is 22.9 Å². The van der Waals surface area contributed by atoms with Crippen LogP contribution >= 0.6 is 11.6 Å². The van der Waals surface area contributed by atoms with E-state index < -0.39 is 10.0 Å². The zero-order valence-electron chi connectivity index (χ0n) is 15.4. The van der Waals surface area contributed by atoms with Gasteiger partial charge in [-0.25, -0.2) is 8.42 Å². The Bertz CT molecular complexity index is 1080. The molecule has 4 rings (SSSR count). The van der Waals surface area contributed by atoms with Crippen molar-refractivity contribution < 1.29 is 12.8 Å². The molecule has 28 heavy (non-hydrogen) atoms. The maximum atomic E-state index is 13.0. The van der Waals surface area contributed by atoms with Crippen molar-refractivity contribution in [3.8, 4) is 22.9 Å². The molecule has 1 aliphatic heterocycles. The molecule has 1 fully saturated rings. The van der Waals surface area contributed by atoms with Crippen LogP contribution in [0, 0.1) is 5.92 Å². The summed E-state index contributed by atoms with van der Waals surface area (Å²) in [5, 5.41) is 8.47. The fraction of sp³-hybridized carbons (Fsp3) is 0.300. The summed E-state index contributed by atoms with van der Waals surface area (Å²) in [7, 11) is -3.59. The van der Waals surface area contributed by atoms with E-state index in [1.165, 1.54) is 16.4 Å². The average Bonchev–Trinajstić information content (AvgIpc) is 3.19. The van der Waals surface area contributed by atoms with Gasteiger partial charge < -0.3 is 4.42 Å². The highest BCUT2D eigenvalue weighted by molar-refractivity contribution is 7.89. The van der Waals surface area contributed by atoms with E-state index in [4.69, 9.17) is 16.0 Å². The molecule has 1 aliphatic rings. The number of piperidine rings is 1. The zero-order chi connectivity index (χ0) is 19.7. The van der Waals surface area contributed by atoms with Gasteiger partial charge in [-0.2, -0.15) is 4.31 Å². The predicted octanol–water partition coefficient (Wildman–Crippen LogP) is 4.48. The molecule has 0 radical (unpaired) electrons. The van der Waals surface area contributed by atoms with Crippen LogP contribution in [0.15, 0.2) is 57.8 Å². The molecule has 0 unspecified atom stereocenters. The van der Waals surface area contributed by atoms with E-state index in [1.807, 2.05) is 30.3 Å². The second kappa shape index (κ2) is 7.66. The molecule has 3 aromatic rings. The first-order chi connectivity index (χ1) is 13.4. The lowest BCUT2D eigenvalue weighted by Crippen LogP contribution is -2.37. The number of benzene rings is 2. The van der Waals surface area contributed by atoms with E-state index in [0.717, 1.165) is 18.4 Å². The molecule has 0 saturated carbocycles. The second-order valence-corrected chi connectivity index (χ2v) is 9.35. The Hall–Kier alpha value is -2.22. The topological polar surface area (TPSA) is 76.3 Å². The van der Waals surface area contributed by atoms with E-state index in [-0.39, 0.29) is 10.8 Å². The minimum absolute atomic E-state index is 0.181. The maximum absolute atomic E-state index is 13.0. The molecule has 1 saturated heterocycles. The molecular formula is C20H20ClN3O3S. The number of nitrogens with zero attached hydrogens (tertiary/aromatic N) is 3. The largest absolute Gasteiger partial charge is 0.416 e. The third-order valence-corrected chi connectivity index (χ3v) is 7.22. The third-order valence-electron chi connectivity index (χ3n) is 4.99. The molecule has 0 atom stereocenters. The van der Waals surface area contributed by atoms with Gasteiger partial charge in [0, 0.05) is 18.7 Å². The maximum Gasteiger partial charge on any atom is 0.249 e. The summed E-state index contributed by atoms with van der Waals surface area (Å²) in [6.45, 7) is 3.20. The van der Waals surface area contributed by atoms with Gasteiger partial charge >= 0.3 is 0 Å². The zero-order valence-corrected chi connectivity index (χ0v) is 16.9. The number of halogens is 1. The van der Waals surface area contributed by atoms with Gasteiger partial charge in [-0.15, -0.1) is 10.2 Å². The van der Waals surface area contributed by atoms with Gasteiger partial charge in [0.05, 0.1) is 15.5 Å². The minimum Gasteiger partial charge on any atom is -0.416 e. The molecular weight excluding hydrogens is 398 g/mol. The standard InChI is InChI=1S/C20H20ClN3O3S/c1-14-9-11-24(12-10-14)28(25,26)16-7-8-18(21)17(13-16)20-23-22-19(27-20)15-5-3-2-4-6-15/h2-8,13-14H,9-12H2,1H3. The molecule has 0 aliphatic carbocycles. The molecule has 2 heterocycles. The number of aromatic nitrogens is 2. The number of hydrogen-bond donors (Lipinski definition) is 0. The molecule has 146 valence electrons. The Balaban J connectivity index is 1.67. The van der Waals surface area contributed by atoms with E-state index in [9.17, 15) is 8.42 Å². The normalized spacial score (nSPS) is 16.4. The first-order valence-corrected chi connectivity index (χ1v) is 11.0. The highest BCUT2D eigenvalue weighted by Gasteiger charge is 2.29. The third kappa shape index (κ3) is 3.70. The van der Waals surface area contributed by atoms with Crippen molar-refractivity contribution in [3.63, 3.8) is 0 Å². The number of sulfonamides is 1. The lowest BCUT2D eigenvalue weighted by molar-refractivity contribution is 0.288. The number of hydrogen-bond acceptors (Lipinski definition) is 5. The Kier molecular flexibility index (Phi) is 5.23. The van der Waals surface area contributed by atoms with Crippen LogP contribution < -0.4 is 0 Å². The van der Waals surface area contributed by atoms with Crippen LogP contribution in [-0.2, 0) is 10.0 Å². The Morgan fingerprint density at radius 3 is 2.43 bits per heavy atom. The monoisotopic (exact) mass is 417 g/mol. The summed E-state index contributed by atoms with van der Waals surface area (Å²) in [6.07, 6.45) is 1.73. The molecule has 1 aromatic heterocycles. The molecule has 0 amide bonds. The smallest absolute Gasteiger partial charge is 0.249 e. The Morgan fingerprint density at radius 2 is 1.71 bits per heavy atom. The highest BCUT2D eigenvalue weighted by Crippen LogP contribution is 2.33. The molecule has 0 N–H and O–H groups in total. The summed E-state index contributed by atoms with van der Waals surface area (Å²) in [5.74, 6) is 1.08. The van der Waals surface area contributed by atoms with Crippen LogP contribution in [0.3, 0.4) is 0 Å². The van der Waals surface area contributed by atoms with Crippen molar-refractivity contribution in [1.29, 1.82) is 0 Å². The Morgan fingerprint density at radius 1 is 1.04 bits per heavy atom. The molecule has 6 nitrogen and oxygen atoms in total. The average molecular weight is 418 g/mol. The van der Waals surface area contributed by atoms with Gasteiger partial charge in [-0.1, -0.05) is 36.7 Å². The summed E-state index contributed by atoms with van der Waals surface area (Å²) in [5.41, 5.74) is 1.19. The lowest BCUT2D eigenvalue weighted by Gasteiger charge is -2.29. The SMILES string of the molecule is CC1CCN(S(=O)(=O)c2ccc(Cl)c(-c3nnc(-c4ccccc4)o3)c2)CC1. The first-order valence-electron chi connectivity index (χ1n) is 9.14. The van der Waals surface area contributed by atoms with Crippen molar-refractivity contribution in [1.82, 2.24) is 14.5 Å². The second-order valence-electron chi connectivity index (χ2n) is 7.01. The van der Waals surface area contributed by atoms with Crippen molar-refractivity contribution in [2.75, 3.05) is 13.1 Å². The van der Waals surface area contributed by atoms with Gasteiger partial charge in [0.1, 0.15) is 0 Å². The van der Waals surface area contributed by atoms with Crippen LogP contribution in [-0.4, -0.2) is 36.0 Å².